The molecule has 1 aromatic carbocycles. The van der Waals surface area contributed by atoms with E-state index in [9.17, 15) is 24.3 Å². The first-order chi connectivity index (χ1) is 21.3. The van der Waals surface area contributed by atoms with Gasteiger partial charge in [0.05, 0.1) is 17.4 Å². The summed E-state index contributed by atoms with van der Waals surface area (Å²) in [6, 6.07) is 3.93. The molecule has 1 aromatic rings. The highest BCUT2D eigenvalue weighted by Crippen LogP contribution is 2.64. The van der Waals surface area contributed by atoms with Gasteiger partial charge >= 0.3 is 24.1 Å². The average molecular weight is 644 g/mol. The van der Waals surface area contributed by atoms with Gasteiger partial charge < -0.3 is 38.4 Å². The molecule has 2 aliphatic heterocycles. The summed E-state index contributed by atoms with van der Waals surface area (Å²) in [6.45, 7) is 13.8. The maximum Gasteiger partial charge on any atom is 0.509 e. The van der Waals surface area contributed by atoms with Crippen LogP contribution in [-0.2, 0) is 49.9 Å². The Bertz CT molecular complexity index is 1470. The zero-order valence-electron chi connectivity index (χ0n) is 28.1. The Balaban J connectivity index is 1.38. The smallest absolute Gasteiger partial charge is 0.481 e. The molecule has 6 atom stereocenters. The van der Waals surface area contributed by atoms with E-state index in [1.54, 1.807) is 47.6 Å². The highest BCUT2D eigenvalue weighted by Gasteiger charge is 2.71. The molecule has 12 heteroatoms. The molecule has 1 unspecified atom stereocenters. The minimum Gasteiger partial charge on any atom is -0.481 e. The monoisotopic (exact) mass is 643 g/mol. The van der Waals surface area contributed by atoms with E-state index in [-0.39, 0.29) is 18.2 Å². The summed E-state index contributed by atoms with van der Waals surface area (Å²) in [4.78, 5) is 53.8. The predicted molar refractivity (Wildman–Crippen MR) is 163 cm³/mol. The summed E-state index contributed by atoms with van der Waals surface area (Å²) in [5.41, 5.74) is -0.784. The molecular formula is C34H45NO11. The topological polar surface area (TPSA) is 147 Å². The lowest BCUT2D eigenvalue weighted by molar-refractivity contribution is -0.180. The van der Waals surface area contributed by atoms with Crippen molar-refractivity contribution in [2.45, 2.75) is 128 Å². The molecule has 5 rings (SSSR count). The van der Waals surface area contributed by atoms with Crippen LogP contribution in [0.2, 0.25) is 0 Å². The van der Waals surface area contributed by atoms with Crippen LogP contribution in [0.3, 0.4) is 0 Å². The molecule has 0 aromatic heterocycles. The number of ether oxygens (including phenoxy) is 6. The van der Waals surface area contributed by atoms with Gasteiger partial charge in [-0.1, -0.05) is 12.1 Å². The second kappa shape index (κ2) is 11.6. The van der Waals surface area contributed by atoms with Crippen LogP contribution in [0.5, 0.6) is 5.75 Å². The van der Waals surface area contributed by atoms with Gasteiger partial charge in [0.1, 0.15) is 22.7 Å². The summed E-state index contributed by atoms with van der Waals surface area (Å²) in [5, 5.41) is 12.4. The molecule has 1 saturated heterocycles. The summed E-state index contributed by atoms with van der Waals surface area (Å²) >= 11 is 0. The molecular weight excluding hydrogens is 598 g/mol. The Kier molecular flexibility index (Phi) is 8.47. The number of piperidine rings is 1. The van der Waals surface area contributed by atoms with Crippen molar-refractivity contribution in [3.05, 3.63) is 40.7 Å². The van der Waals surface area contributed by atoms with E-state index in [1.807, 2.05) is 20.0 Å². The lowest BCUT2D eigenvalue weighted by atomic mass is 9.50. The van der Waals surface area contributed by atoms with Crippen molar-refractivity contribution in [1.82, 2.24) is 4.90 Å². The first kappa shape index (κ1) is 33.7. The van der Waals surface area contributed by atoms with E-state index >= 15 is 0 Å². The standard InChI is InChI=1S/C34H45NO11/c1-18-10-11-20-16-23-34(40)13-12-21(27-33(34,14-15-35(23)9)25(20)26(18)44-27)42-24(36)17-22(43-30(39)46-32(6,7)8)29(38)41-19(2)28(37)45-31(3,4)5/h10-12,19,22-23,27,40H,13-17H2,1-9H3/t19-,22?,23+,27-,33-,34+/m0/s1. The number of hydrogen-bond donors (Lipinski definition) is 1. The number of rotatable bonds is 7. The van der Waals surface area contributed by atoms with Crippen LogP contribution < -0.4 is 4.74 Å². The van der Waals surface area contributed by atoms with Crippen molar-refractivity contribution in [1.29, 1.82) is 0 Å². The Morgan fingerprint density at radius 3 is 2.37 bits per heavy atom. The van der Waals surface area contributed by atoms with Crippen LogP contribution in [0.1, 0.15) is 84.4 Å². The number of carbonyl (C=O) groups is 4. The quantitative estimate of drug-likeness (QED) is 0.341. The molecule has 252 valence electrons. The van der Waals surface area contributed by atoms with Crippen molar-refractivity contribution >= 4 is 24.1 Å². The number of likely N-dealkylation sites (N-methyl/N-ethyl adjacent to an activating group) is 1. The van der Waals surface area contributed by atoms with E-state index in [0.717, 1.165) is 16.7 Å². The average Bonchev–Trinajstić information content (AvgIpc) is 3.27. The Morgan fingerprint density at radius 1 is 1.04 bits per heavy atom. The first-order valence-corrected chi connectivity index (χ1v) is 15.7. The fourth-order valence-electron chi connectivity index (χ4n) is 7.16. The summed E-state index contributed by atoms with van der Waals surface area (Å²) < 4.78 is 33.3. The van der Waals surface area contributed by atoms with Gasteiger partial charge in [-0.25, -0.2) is 14.4 Å². The van der Waals surface area contributed by atoms with E-state index in [2.05, 4.69) is 11.0 Å². The van der Waals surface area contributed by atoms with Crippen LogP contribution in [0, 0.1) is 6.92 Å². The zero-order chi connectivity index (χ0) is 34.0. The predicted octanol–water partition coefficient (Wildman–Crippen LogP) is 3.80. The molecule has 1 spiro atoms. The van der Waals surface area contributed by atoms with E-state index < -0.39 is 71.0 Å². The fraction of sp³-hybridized carbons (Fsp3) is 0.647. The minimum atomic E-state index is -1.79. The van der Waals surface area contributed by atoms with Gasteiger partial charge in [0, 0.05) is 18.0 Å². The van der Waals surface area contributed by atoms with Crippen molar-refractivity contribution in [3.8, 4) is 5.75 Å². The van der Waals surface area contributed by atoms with Gasteiger partial charge in [-0.05, 0) is 99.0 Å². The van der Waals surface area contributed by atoms with Crippen molar-refractivity contribution in [3.63, 3.8) is 0 Å². The third-order valence-corrected chi connectivity index (χ3v) is 9.08. The molecule has 0 radical (unpaired) electrons. The number of aliphatic hydroxyl groups is 1. The molecule has 2 aliphatic carbocycles. The van der Waals surface area contributed by atoms with E-state index in [1.165, 1.54) is 6.92 Å². The van der Waals surface area contributed by atoms with Crippen LogP contribution >= 0.6 is 0 Å². The number of nitrogens with zero attached hydrogens (tertiary/aromatic N) is 1. The molecule has 46 heavy (non-hydrogen) atoms. The SMILES string of the molecule is Cc1ccc2c3c1O[C@H]1C(OC(=O)CC(OC(=O)OC(C)(C)C)C(=O)O[C@@H](C)C(=O)OC(C)(C)C)=CC[C@@]4(O)[C@@H](C2)N(C)CC[C@]314. The number of benzene rings is 1. The lowest BCUT2D eigenvalue weighted by Gasteiger charge is -2.61. The van der Waals surface area contributed by atoms with Gasteiger partial charge in [-0.3, -0.25) is 4.79 Å². The van der Waals surface area contributed by atoms with Crippen LogP contribution in [-0.4, -0.2) is 88.8 Å². The van der Waals surface area contributed by atoms with Crippen LogP contribution in [0.15, 0.2) is 24.0 Å². The van der Waals surface area contributed by atoms with Gasteiger partial charge in [0.15, 0.2) is 12.2 Å². The summed E-state index contributed by atoms with van der Waals surface area (Å²) in [7, 11) is 2.01. The highest BCUT2D eigenvalue weighted by atomic mass is 16.7. The number of carbonyl (C=O) groups excluding carboxylic acids is 4. The molecule has 0 amide bonds. The number of hydrogen-bond acceptors (Lipinski definition) is 12. The molecule has 2 bridgehead atoms. The molecule has 12 nitrogen and oxygen atoms in total. The normalized spacial score (nSPS) is 27.7. The van der Waals surface area contributed by atoms with E-state index in [0.29, 0.717) is 25.1 Å². The zero-order valence-corrected chi connectivity index (χ0v) is 28.1. The third-order valence-electron chi connectivity index (χ3n) is 9.08. The number of likely N-dealkylation sites (tertiary alicyclic amines) is 1. The Hall–Kier alpha value is -3.64. The Morgan fingerprint density at radius 2 is 1.72 bits per heavy atom. The van der Waals surface area contributed by atoms with Crippen molar-refractivity contribution in [2.75, 3.05) is 13.6 Å². The van der Waals surface area contributed by atoms with Crippen LogP contribution in [0.4, 0.5) is 4.79 Å². The van der Waals surface area contributed by atoms with Crippen molar-refractivity contribution < 1.29 is 52.7 Å². The number of aryl methyl sites for hydroxylation is 1. The summed E-state index contributed by atoms with van der Waals surface area (Å²) in [5.74, 6) is -1.95. The fourth-order valence-corrected chi connectivity index (χ4v) is 7.16. The summed E-state index contributed by atoms with van der Waals surface area (Å²) in [6.07, 6.45) is -2.71. The second-order valence-corrected chi connectivity index (χ2v) is 14.8. The van der Waals surface area contributed by atoms with Gasteiger partial charge in [0.2, 0.25) is 6.10 Å². The Labute approximate surface area is 269 Å². The van der Waals surface area contributed by atoms with Gasteiger partial charge in [-0.2, -0.15) is 0 Å². The minimum absolute atomic E-state index is 0.157. The highest BCUT2D eigenvalue weighted by molar-refractivity contribution is 5.86. The molecule has 4 aliphatic rings. The molecule has 1 N–H and O–H groups in total. The largest absolute Gasteiger partial charge is 0.509 e. The lowest BCUT2D eigenvalue weighted by Crippen LogP contribution is -2.74. The second-order valence-electron chi connectivity index (χ2n) is 14.8. The molecule has 2 heterocycles. The van der Waals surface area contributed by atoms with Gasteiger partial charge in [0.25, 0.3) is 0 Å². The third kappa shape index (κ3) is 5.97. The van der Waals surface area contributed by atoms with Crippen LogP contribution in [0.25, 0.3) is 0 Å². The van der Waals surface area contributed by atoms with Gasteiger partial charge in [-0.15, -0.1) is 0 Å². The molecule has 1 fully saturated rings. The maximum absolute atomic E-state index is 13.5. The first-order valence-electron chi connectivity index (χ1n) is 15.7. The molecule has 0 saturated carbocycles. The van der Waals surface area contributed by atoms with Crippen molar-refractivity contribution in [2.24, 2.45) is 0 Å². The van der Waals surface area contributed by atoms with E-state index in [4.69, 9.17) is 28.4 Å². The maximum atomic E-state index is 13.5. The number of esters is 3.